The monoisotopic (exact) mass is 272 g/mol. The Morgan fingerprint density at radius 1 is 1.33 bits per heavy atom. The predicted octanol–water partition coefficient (Wildman–Crippen LogP) is 0.385. The molecule has 2 rings (SSSR count). The van der Waals surface area contributed by atoms with Crippen LogP contribution in [-0.4, -0.2) is 39.7 Å². The summed E-state index contributed by atoms with van der Waals surface area (Å²) in [6, 6.07) is 4.60. The molecule has 0 saturated carbocycles. The molecule has 1 aromatic carbocycles. The van der Waals surface area contributed by atoms with Crippen molar-refractivity contribution in [2.45, 2.75) is 11.3 Å². The Morgan fingerprint density at radius 3 is 2.78 bits per heavy atom. The first-order valence-electron chi connectivity index (χ1n) is 5.62. The molecule has 0 saturated heterocycles. The van der Waals surface area contributed by atoms with Crippen molar-refractivity contribution in [1.82, 2.24) is 4.31 Å². The van der Waals surface area contributed by atoms with Gasteiger partial charge in [-0.25, -0.2) is 12.7 Å². The van der Waals surface area contributed by atoms with Crippen LogP contribution in [0, 0.1) is 0 Å². The third-order valence-corrected chi connectivity index (χ3v) is 4.58. The fourth-order valence-electron chi connectivity index (χ4n) is 1.65. The Bertz CT molecular complexity index is 530. The van der Waals surface area contributed by atoms with Crippen LogP contribution in [0.4, 0.5) is 0 Å². The molecule has 0 spiro atoms. The van der Waals surface area contributed by atoms with Gasteiger partial charge in [0.1, 0.15) is 0 Å². The summed E-state index contributed by atoms with van der Waals surface area (Å²) in [6.45, 7) is 0.982. The molecule has 0 aliphatic carbocycles. The number of ether oxygens (including phenoxy) is 2. The number of benzene rings is 1. The van der Waals surface area contributed by atoms with Gasteiger partial charge >= 0.3 is 0 Å². The van der Waals surface area contributed by atoms with Crippen LogP contribution in [-0.2, 0) is 10.0 Å². The first kappa shape index (κ1) is 13.1. The Labute approximate surface area is 106 Å². The number of rotatable bonds is 5. The lowest BCUT2D eigenvalue weighted by atomic mass is 10.3. The van der Waals surface area contributed by atoms with E-state index < -0.39 is 10.0 Å². The van der Waals surface area contributed by atoms with Crippen LogP contribution < -0.4 is 15.2 Å². The van der Waals surface area contributed by atoms with Crippen molar-refractivity contribution in [3.8, 4) is 11.5 Å². The van der Waals surface area contributed by atoms with Crippen LogP contribution >= 0.6 is 0 Å². The number of hydrogen-bond acceptors (Lipinski definition) is 5. The average molecular weight is 272 g/mol. The second kappa shape index (κ2) is 5.13. The SMILES string of the molecule is CN(CCCN)S(=O)(=O)c1ccc2c(c1)OCO2. The highest BCUT2D eigenvalue weighted by Gasteiger charge is 2.23. The number of nitrogens with two attached hydrogens (primary N) is 1. The van der Waals surface area contributed by atoms with E-state index in [4.69, 9.17) is 15.2 Å². The van der Waals surface area contributed by atoms with Gasteiger partial charge in [0.2, 0.25) is 16.8 Å². The molecule has 0 aromatic heterocycles. The highest BCUT2D eigenvalue weighted by Crippen LogP contribution is 2.34. The first-order chi connectivity index (χ1) is 8.55. The Balaban J connectivity index is 2.24. The molecule has 1 aliphatic heterocycles. The molecule has 6 nitrogen and oxygen atoms in total. The summed E-state index contributed by atoms with van der Waals surface area (Å²) >= 11 is 0. The van der Waals surface area contributed by atoms with Gasteiger partial charge in [-0.2, -0.15) is 0 Å². The van der Waals surface area contributed by atoms with Gasteiger partial charge in [-0.1, -0.05) is 0 Å². The van der Waals surface area contributed by atoms with Crippen LogP contribution in [0.15, 0.2) is 23.1 Å². The van der Waals surface area contributed by atoms with Gasteiger partial charge in [0.05, 0.1) is 4.90 Å². The highest BCUT2D eigenvalue weighted by molar-refractivity contribution is 7.89. The third-order valence-electron chi connectivity index (χ3n) is 2.73. The number of nitrogens with zero attached hydrogens (tertiary/aromatic N) is 1. The van der Waals surface area contributed by atoms with Crippen molar-refractivity contribution in [3.05, 3.63) is 18.2 Å². The van der Waals surface area contributed by atoms with Gasteiger partial charge in [-0.3, -0.25) is 0 Å². The summed E-state index contributed by atoms with van der Waals surface area (Å²) in [4.78, 5) is 0.200. The van der Waals surface area contributed by atoms with Crippen molar-refractivity contribution < 1.29 is 17.9 Å². The van der Waals surface area contributed by atoms with E-state index in [1.165, 1.54) is 23.5 Å². The lowest BCUT2D eigenvalue weighted by Crippen LogP contribution is -2.29. The molecule has 1 heterocycles. The van der Waals surface area contributed by atoms with E-state index in [1.54, 1.807) is 6.07 Å². The molecule has 0 radical (unpaired) electrons. The second-order valence-corrected chi connectivity index (χ2v) is 6.03. The van der Waals surface area contributed by atoms with Gasteiger partial charge in [0, 0.05) is 19.7 Å². The maximum atomic E-state index is 12.2. The van der Waals surface area contributed by atoms with E-state index in [2.05, 4.69) is 0 Å². The van der Waals surface area contributed by atoms with E-state index in [0.29, 0.717) is 31.0 Å². The second-order valence-electron chi connectivity index (χ2n) is 3.98. The zero-order valence-corrected chi connectivity index (χ0v) is 10.9. The fourth-order valence-corrected chi connectivity index (χ4v) is 2.88. The Morgan fingerprint density at radius 2 is 2.06 bits per heavy atom. The van der Waals surface area contributed by atoms with Gasteiger partial charge < -0.3 is 15.2 Å². The zero-order chi connectivity index (χ0) is 13.2. The predicted molar refractivity (Wildman–Crippen MR) is 66.1 cm³/mol. The minimum Gasteiger partial charge on any atom is -0.454 e. The van der Waals surface area contributed by atoms with Crippen molar-refractivity contribution in [2.24, 2.45) is 5.73 Å². The molecule has 100 valence electrons. The largest absolute Gasteiger partial charge is 0.454 e. The topological polar surface area (TPSA) is 81.9 Å². The molecule has 0 atom stereocenters. The minimum atomic E-state index is -3.49. The molecule has 1 aromatic rings. The molecule has 0 bridgehead atoms. The molecule has 1 aliphatic rings. The van der Waals surface area contributed by atoms with Crippen LogP contribution in [0.5, 0.6) is 11.5 Å². The molecule has 0 amide bonds. The summed E-state index contributed by atoms with van der Waals surface area (Å²) in [6.07, 6.45) is 0.625. The highest BCUT2D eigenvalue weighted by atomic mass is 32.2. The first-order valence-corrected chi connectivity index (χ1v) is 7.06. The van der Waals surface area contributed by atoms with Crippen LogP contribution in [0.3, 0.4) is 0 Å². The Hall–Kier alpha value is -1.31. The van der Waals surface area contributed by atoms with E-state index >= 15 is 0 Å². The summed E-state index contributed by atoms with van der Waals surface area (Å²) < 4.78 is 36.1. The quantitative estimate of drug-likeness (QED) is 0.838. The van der Waals surface area contributed by atoms with E-state index in [0.717, 1.165) is 0 Å². The molecule has 18 heavy (non-hydrogen) atoms. The van der Waals surface area contributed by atoms with Gasteiger partial charge in [0.25, 0.3) is 0 Å². The van der Waals surface area contributed by atoms with E-state index in [-0.39, 0.29) is 11.7 Å². The molecular formula is C11H16N2O4S. The summed E-state index contributed by atoms with van der Waals surface area (Å²) in [5, 5.41) is 0. The molecule has 0 fully saturated rings. The zero-order valence-electron chi connectivity index (χ0n) is 10.1. The van der Waals surface area contributed by atoms with E-state index in [9.17, 15) is 8.42 Å². The standard InChI is InChI=1S/C11H16N2O4S/c1-13(6-2-5-12)18(14,15)9-3-4-10-11(7-9)17-8-16-10/h3-4,7H,2,5-6,8,12H2,1H3. The normalized spacial score (nSPS) is 14.2. The number of fused-ring (bicyclic) bond motifs is 1. The average Bonchev–Trinajstić information content (AvgIpc) is 2.82. The van der Waals surface area contributed by atoms with Crippen molar-refractivity contribution in [3.63, 3.8) is 0 Å². The summed E-state index contributed by atoms with van der Waals surface area (Å²) in [5.74, 6) is 1.03. The van der Waals surface area contributed by atoms with Crippen LogP contribution in [0.25, 0.3) is 0 Å². The van der Waals surface area contributed by atoms with Crippen molar-refractivity contribution in [2.75, 3.05) is 26.9 Å². The van der Waals surface area contributed by atoms with E-state index in [1.807, 2.05) is 0 Å². The smallest absolute Gasteiger partial charge is 0.242 e. The van der Waals surface area contributed by atoms with Gasteiger partial charge in [0.15, 0.2) is 11.5 Å². The van der Waals surface area contributed by atoms with Gasteiger partial charge in [-0.05, 0) is 25.1 Å². The molecule has 2 N–H and O–H groups in total. The third kappa shape index (κ3) is 2.43. The Kier molecular flexibility index (Phi) is 3.74. The molecule has 0 unspecified atom stereocenters. The maximum Gasteiger partial charge on any atom is 0.242 e. The number of sulfonamides is 1. The molecular weight excluding hydrogens is 256 g/mol. The lowest BCUT2D eigenvalue weighted by Gasteiger charge is -2.16. The van der Waals surface area contributed by atoms with Crippen LogP contribution in [0.2, 0.25) is 0 Å². The fraction of sp³-hybridized carbons (Fsp3) is 0.455. The maximum absolute atomic E-state index is 12.2. The minimum absolute atomic E-state index is 0.127. The van der Waals surface area contributed by atoms with Gasteiger partial charge in [-0.15, -0.1) is 0 Å². The number of hydrogen-bond donors (Lipinski definition) is 1. The summed E-state index contributed by atoms with van der Waals surface area (Å²) in [7, 11) is -1.95. The van der Waals surface area contributed by atoms with Crippen LogP contribution in [0.1, 0.15) is 6.42 Å². The summed E-state index contributed by atoms with van der Waals surface area (Å²) in [5.41, 5.74) is 5.37. The molecule has 7 heteroatoms. The van der Waals surface area contributed by atoms with Crippen molar-refractivity contribution in [1.29, 1.82) is 0 Å². The van der Waals surface area contributed by atoms with Crippen molar-refractivity contribution >= 4 is 10.0 Å². The lowest BCUT2D eigenvalue weighted by molar-refractivity contribution is 0.174.